The summed E-state index contributed by atoms with van der Waals surface area (Å²) >= 11 is 1.53. The number of fused-ring (bicyclic) bond motifs is 1. The van der Waals surface area contributed by atoms with Gasteiger partial charge in [-0.1, -0.05) is 18.2 Å². The minimum absolute atomic E-state index is 0.346. The molecule has 94 valence electrons. The molecule has 0 fully saturated rings. The Morgan fingerprint density at radius 1 is 1.44 bits per heavy atom. The Labute approximate surface area is 110 Å². The lowest BCUT2D eigenvalue weighted by atomic mass is 10.0. The number of nitrogens with zero attached hydrogens (tertiary/aromatic N) is 1. The van der Waals surface area contributed by atoms with E-state index in [1.54, 1.807) is 0 Å². The Kier molecular flexibility index (Phi) is 3.17. The molecule has 1 aliphatic heterocycles. The lowest BCUT2D eigenvalue weighted by Gasteiger charge is -2.26. The van der Waals surface area contributed by atoms with Crippen molar-refractivity contribution in [3.05, 3.63) is 40.9 Å². The van der Waals surface area contributed by atoms with Gasteiger partial charge in [-0.2, -0.15) is 0 Å². The molecule has 0 bridgehead atoms. The van der Waals surface area contributed by atoms with E-state index in [0.717, 1.165) is 30.2 Å². The fourth-order valence-corrected chi connectivity index (χ4v) is 2.82. The summed E-state index contributed by atoms with van der Waals surface area (Å²) in [5.41, 5.74) is 6.86. The second kappa shape index (κ2) is 4.96. The molecule has 1 aliphatic rings. The molecule has 4 nitrogen and oxygen atoms in total. The number of aromatic nitrogens is 1. The van der Waals surface area contributed by atoms with Crippen molar-refractivity contribution in [1.82, 2.24) is 10.3 Å². The highest BCUT2D eigenvalue weighted by Gasteiger charge is 2.20. The molecule has 3 N–H and O–H groups in total. The maximum Gasteiger partial charge on any atom is 0.180 e. The van der Waals surface area contributed by atoms with Crippen LogP contribution in [-0.4, -0.2) is 11.6 Å². The molecule has 1 unspecified atom stereocenters. The first-order chi connectivity index (χ1) is 8.83. The van der Waals surface area contributed by atoms with Crippen LogP contribution >= 0.6 is 11.3 Å². The number of hydrogen-bond donors (Lipinski definition) is 2. The molecule has 5 heteroatoms. The number of rotatable bonds is 3. The first-order valence-electron chi connectivity index (χ1n) is 5.98. The molecule has 1 aromatic carbocycles. The van der Waals surface area contributed by atoms with Gasteiger partial charge in [0.2, 0.25) is 0 Å². The van der Waals surface area contributed by atoms with Gasteiger partial charge in [-0.25, -0.2) is 4.98 Å². The molecule has 0 saturated heterocycles. The van der Waals surface area contributed by atoms with Crippen LogP contribution in [0, 0.1) is 0 Å². The van der Waals surface area contributed by atoms with E-state index in [4.69, 9.17) is 10.5 Å². The average Bonchev–Trinajstić information content (AvgIpc) is 2.82. The lowest BCUT2D eigenvalue weighted by Crippen LogP contribution is -2.26. The molecule has 0 amide bonds. The monoisotopic (exact) mass is 261 g/mol. The Morgan fingerprint density at radius 2 is 2.33 bits per heavy atom. The van der Waals surface area contributed by atoms with Gasteiger partial charge in [-0.05, 0) is 6.07 Å². The summed E-state index contributed by atoms with van der Waals surface area (Å²) in [7, 11) is 0. The summed E-state index contributed by atoms with van der Waals surface area (Å²) in [6.07, 6.45) is 2.82. The summed E-state index contributed by atoms with van der Waals surface area (Å²) in [4.78, 5) is 5.22. The highest BCUT2D eigenvalue weighted by molar-refractivity contribution is 7.15. The van der Waals surface area contributed by atoms with Crippen molar-refractivity contribution in [2.45, 2.75) is 19.0 Å². The lowest BCUT2D eigenvalue weighted by molar-refractivity contribution is 0.252. The van der Waals surface area contributed by atoms with Gasteiger partial charge in [0.15, 0.2) is 5.13 Å². The van der Waals surface area contributed by atoms with Crippen LogP contribution in [0.4, 0.5) is 5.13 Å². The number of nitrogens with one attached hydrogen (secondary N) is 1. The Balaban J connectivity index is 1.71. The number of para-hydroxylation sites is 1. The van der Waals surface area contributed by atoms with Gasteiger partial charge < -0.3 is 15.8 Å². The van der Waals surface area contributed by atoms with Crippen LogP contribution in [0.5, 0.6) is 5.75 Å². The van der Waals surface area contributed by atoms with E-state index < -0.39 is 0 Å². The van der Waals surface area contributed by atoms with Gasteiger partial charge in [0, 0.05) is 35.6 Å². The van der Waals surface area contributed by atoms with Crippen LogP contribution in [0.25, 0.3) is 0 Å². The standard InChI is InChI=1S/C13H15N3OS/c14-13-16-8-9(18-13)7-15-11-5-6-17-12-4-2-1-3-10(11)12/h1-4,8,11,15H,5-7H2,(H2,14,16). The van der Waals surface area contributed by atoms with Crippen molar-refractivity contribution in [3.63, 3.8) is 0 Å². The molecule has 2 aromatic rings. The number of benzene rings is 1. The van der Waals surface area contributed by atoms with E-state index in [-0.39, 0.29) is 0 Å². The molecular weight excluding hydrogens is 246 g/mol. The normalized spacial score (nSPS) is 18.1. The van der Waals surface area contributed by atoms with Gasteiger partial charge in [0.1, 0.15) is 5.75 Å². The predicted molar refractivity (Wildman–Crippen MR) is 72.7 cm³/mol. The Morgan fingerprint density at radius 3 is 3.17 bits per heavy atom. The summed E-state index contributed by atoms with van der Waals surface area (Å²) < 4.78 is 5.64. The highest BCUT2D eigenvalue weighted by atomic mass is 32.1. The fraction of sp³-hybridized carbons (Fsp3) is 0.308. The summed E-state index contributed by atoms with van der Waals surface area (Å²) in [6, 6.07) is 8.54. The number of nitrogen functional groups attached to an aromatic ring is 1. The maximum absolute atomic E-state index is 5.64. The summed E-state index contributed by atoms with van der Waals surface area (Å²) in [6.45, 7) is 1.56. The van der Waals surface area contributed by atoms with E-state index in [0.29, 0.717) is 11.2 Å². The first-order valence-corrected chi connectivity index (χ1v) is 6.80. The second-order valence-corrected chi connectivity index (χ2v) is 5.42. The molecular formula is C13H15N3OS. The third-order valence-electron chi connectivity index (χ3n) is 3.05. The van der Waals surface area contributed by atoms with Crippen molar-refractivity contribution < 1.29 is 4.74 Å². The predicted octanol–water partition coefficient (Wildman–Crippen LogP) is 2.34. The molecule has 1 aromatic heterocycles. The van der Waals surface area contributed by atoms with Crippen molar-refractivity contribution in [2.24, 2.45) is 0 Å². The maximum atomic E-state index is 5.64. The zero-order valence-corrected chi connectivity index (χ0v) is 10.7. The summed E-state index contributed by atoms with van der Waals surface area (Å²) in [5, 5.41) is 4.17. The van der Waals surface area contributed by atoms with Crippen molar-refractivity contribution in [3.8, 4) is 5.75 Å². The quantitative estimate of drug-likeness (QED) is 0.890. The second-order valence-electron chi connectivity index (χ2n) is 4.27. The van der Waals surface area contributed by atoms with E-state index in [9.17, 15) is 0 Å². The van der Waals surface area contributed by atoms with Gasteiger partial charge in [0.25, 0.3) is 0 Å². The van der Waals surface area contributed by atoms with E-state index >= 15 is 0 Å². The largest absolute Gasteiger partial charge is 0.493 e. The highest BCUT2D eigenvalue weighted by Crippen LogP contribution is 2.31. The average molecular weight is 261 g/mol. The minimum atomic E-state index is 0.346. The van der Waals surface area contributed by atoms with Crippen LogP contribution in [0.15, 0.2) is 30.5 Å². The number of nitrogens with two attached hydrogens (primary N) is 1. The van der Waals surface area contributed by atoms with E-state index in [1.165, 1.54) is 16.9 Å². The van der Waals surface area contributed by atoms with Crippen LogP contribution in [-0.2, 0) is 6.54 Å². The van der Waals surface area contributed by atoms with Gasteiger partial charge in [-0.3, -0.25) is 0 Å². The van der Waals surface area contributed by atoms with Crippen LogP contribution in [0.3, 0.4) is 0 Å². The zero-order chi connectivity index (χ0) is 12.4. The van der Waals surface area contributed by atoms with Crippen molar-refractivity contribution >= 4 is 16.5 Å². The minimum Gasteiger partial charge on any atom is -0.493 e. The molecule has 1 atom stereocenters. The molecule has 18 heavy (non-hydrogen) atoms. The smallest absolute Gasteiger partial charge is 0.180 e. The molecule has 0 spiro atoms. The molecule has 2 heterocycles. The van der Waals surface area contributed by atoms with Crippen molar-refractivity contribution in [1.29, 1.82) is 0 Å². The first kappa shape index (κ1) is 11.5. The molecule has 0 saturated carbocycles. The number of thiazole rings is 1. The van der Waals surface area contributed by atoms with Gasteiger partial charge in [-0.15, -0.1) is 11.3 Å². The number of anilines is 1. The number of ether oxygens (including phenoxy) is 1. The van der Waals surface area contributed by atoms with E-state index in [1.807, 2.05) is 24.4 Å². The zero-order valence-electron chi connectivity index (χ0n) is 9.93. The third-order valence-corrected chi connectivity index (χ3v) is 3.88. The Hall–Kier alpha value is -1.59. The van der Waals surface area contributed by atoms with Gasteiger partial charge in [0.05, 0.1) is 6.61 Å². The van der Waals surface area contributed by atoms with E-state index in [2.05, 4.69) is 16.4 Å². The topological polar surface area (TPSA) is 60.2 Å². The van der Waals surface area contributed by atoms with Crippen LogP contribution in [0.2, 0.25) is 0 Å². The molecule has 0 aliphatic carbocycles. The molecule has 0 radical (unpaired) electrons. The molecule has 3 rings (SSSR count). The SMILES string of the molecule is Nc1ncc(CNC2CCOc3ccccc32)s1. The van der Waals surface area contributed by atoms with Gasteiger partial charge >= 0.3 is 0 Å². The van der Waals surface area contributed by atoms with Crippen LogP contribution in [0.1, 0.15) is 22.9 Å². The van der Waals surface area contributed by atoms with Crippen LogP contribution < -0.4 is 15.8 Å². The summed E-state index contributed by atoms with van der Waals surface area (Å²) in [5.74, 6) is 0.991. The fourth-order valence-electron chi connectivity index (χ4n) is 2.18. The third kappa shape index (κ3) is 2.32. The number of hydrogen-bond acceptors (Lipinski definition) is 5. The van der Waals surface area contributed by atoms with Crippen molar-refractivity contribution in [2.75, 3.05) is 12.3 Å². The Bertz CT molecular complexity index is 541.